The molecule has 2 rings (SSSR count). The van der Waals surface area contributed by atoms with Crippen molar-refractivity contribution in [2.75, 3.05) is 0 Å². The van der Waals surface area contributed by atoms with Gasteiger partial charge in [0.2, 0.25) is 0 Å². The van der Waals surface area contributed by atoms with Crippen LogP contribution in [0, 0.1) is 13.8 Å². The van der Waals surface area contributed by atoms with Crippen molar-refractivity contribution in [3.8, 4) is 0 Å². The van der Waals surface area contributed by atoms with E-state index in [1.165, 1.54) is 16.7 Å². The Labute approximate surface area is 97.2 Å². The van der Waals surface area contributed by atoms with Gasteiger partial charge in [-0.2, -0.15) is 0 Å². The van der Waals surface area contributed by atoms with E-state index in [0.29, 0.717) is 0 Å². The standard InChI is InChI=1S/C11H12BrN3/c1-8-3-9(2)5-10(4-8)6-15-7-11(12)13-14-15/h3-5,7H,6H2,1-2H3. The summed E-state index contributed by atoms with van der Waals surface area (Å²) in [5.74, 6) is 0. The van der Waals surface area contributed by atoms with Gasteiger partial charge in [-0.3, -0.25) is 0 Å². The van der Waals surface area contributed by atoms with Crippen LogP contribution in [0.25, 0.3) is 0 Å². The molecule has 0 aliphatic rings. The van der Waals surface area contributed by atoms with Crippen LogP contribution >= 0.6 is 15.9 Å². The van der Waals surface area contributed by atoms with E-state index >= 15 is 0 Å². The predicted octanol–water partition coefficient (Wildman–Crippen LogP) is 2.71. The van der Waals surface area contributed by atoms with E-state index in [1.807, 2.05) is 10.9 Å². The minimum Gasteiger partial charge on any atom is -0.247 e. The van der Waals surface area contributed by atoms with Crippen LogP contribution in [-0.4, -0.2) is 15.0 Å². The summed E-state index contributed by atoms with van der Waals surface area (Å²) in [4.78, 5) is 0. The lowest BCUT2D eigenvalue weighted by Crippen LogP contribution is -2.01. The third-order valence-corrected chi connectivity index (χ3v) is 2.50. The molecule has 0 spiro atoms. The van der Waals surface area contributed by atoms with Gasteiger partial charge in [0.05, 0.1) is 12.7 Å². The molecule has 1 heterocycles. The smallest absolute Gasteiger partial charge is 0.148 e. The molecule has 0 saturated heterocycles. The van der Waals surface area contributed by atoms with Crippen molar-refractivity contribution < 1.29 is 0 Å². The summed E-state index contributed by atoms with van der Waals surface area (Å²) in [7, 11) is 0. The zero-order valence-corrected chi connectivity index (χ0v) is 10.3. The van der Waals surface area contributed by atoms with Crippen LogP contribution in [0.4, 0.5) is 0 Å². The molecule has 0 atom stereocenters. The van der Waals surface area contributed by atoms with E-state index in [0.717, 1.165) is 11.1 Å². The molecule has 4 heteroatoms. The molecule has 15 heavy (non-hydrogen) atoms. The van der Waals surface area contributed by atoms with Crippen molar-refractivity contribution >= 4 is 15.9 Å². The average Bonchev–Trinajstić information content (AvgIpc) is 2.49. The highest BCUT2D eigenvalue weighted by molar-refractivity contribution is 9.10. The third-order valence-electron chi connectivity index (χ3n) is 2.14. The predicted molar refractivity (Wildman–Crippen MR) is 62.7 cm³/mol. The summed E-state index contributed by atoms with van der Waals surface area (Å²) in [6, 6.07) is 6.51. The summed E-state index contributed by atoms with van der Waals surface area (Å²) >= 11 is 3.28. The van der Waals surface area contributed by atoms with Gasteiger partial charge in [0.15, 0.2) is 0 Å². The first-order valence-electron chi connectivity index (χ1n) is 4.76. The second kappa shape index (κ2) is 4.14. The Morgan fingerprint density at radius 1 is 1.20 bits per heavy atom. The van der Waals surface area contributed by atoms with Gasteiger partial charge in [0, 0.05) is 0 Å². The number of aromatic nitrogens is 3. The molecule has 0 saturated carbocycles. The van der Waals surface area contributed by atoms with Crippen molar-refractivity contribution in [1.29, 1.82) is 0 Å². The van der Waals surface area contributed by atoms with Crippen LogP contribution in [-0.2, 0) is 6.54 Å². The molecule has 1 aromatic heterocycles. The molecule has 78 valence electrons. The molecule has 0 aliphatic heterocycles. The number of rotatable bonds is 2. The second-order valence-electron chi connectivity index (χ2n) is 3.73. The first kappa shape index (κ1) is 10.4. The maximum Gasteiger partial charge on any atom is 0.148 e. The average molecular weight is 266 g/mol. The lowest BCUT2D eigenvalue weighted by atomic mass is 10.1. The summed E-state index contributed by atoms with van der Waals surface area (Å²) in [5.41, 5.74) is 3.82. The van der Waals surface area contributed by atoms with E-state index < -0.39 is 0 Å². The molecular formula is C11H12BrN3. The van der Waals surface area contributed by atoms with E-state index in [9.17, 15) is 0 Å². The Morgan fingerprint density at radius 2 is 1.87 bits per heavy atom. The molecule has 0 unspecified atom stereocenters. The minimum absolute atomic E-state index is 0.765. The van der Waals surface area contributed by atoms with Crippen molar-refractivity contribution in [3.05, 3.63) is 45.7 Å². The van der Waals surface area contributed by atoms with Crippen molar-refractivity contribution in [2.45, 2.75) is 20.4 Å². The van der Waals surface area contributed by atoms with Gasteiger partial charge in [-0.1, -0.05) is 34.5 Å². The van der Waals surface area contributed by atoms with Crippen molar-refractivity contribution in [3.63, 3.8) is 0 Å². The summed E-state index contributed by atoms with van der Waals surface area (Å²) in [6.07, 6.45) is 1.87. The fourth-order valence-corrected chi connectivity index (χ4v) is 2.01. The van der Waals surface area contributed by atoms with E-state index in [-0.39, 0.29) is 0 Å². The van der Waals surface area contributed by atoms with Gasteiger partial charge < -0.3 is 0 Å². The van der Waals surface area contributed by atoms with E-state index in [4.69, 9.17) is 0 Å². The Kier molecular flexibility index (Phi) is 2.86. The maximum atomic E-state index is 3.99. The van der Waals surface area contributed by atoms with Gasteiger partial charge in [-0.15, -0.1) is 5.10 Å². The SMILES string of the molecule is Cc1cc(C)cc(Cn2cc(Br)nn2)c1. The summed E-state index contributed by atoms with van der Waals surface area (Å²) < 4.78 is 2.59. The first-order chi connectivity index (χ1) is 7.13. The number of nitrogens with zero attached hydrogens (tertiary/aromatic N) is 3. The van der Waals surface area contributed by atoms with Crippen LogP contribution in [0.2, 0.25) is 0 Å². The second-order valence-corrected chi connectivity index (χ2v) is 4.55. The molecular weight excluding hydrogens is 254 g/mol. The van der Waals surface area contributed by atoms with Crippen molar-refractivity contribution in [1.82, 2.24) is 15.0 Å². The Bertz CT molecular complexity index is 456. The molecule has 0 aliphatic carbocycles. The molecule has 2 aromatic rings. The molecule has 3 nitrogen and oxygen atoms in total. The van der Waals surface area contributed by atoms with E-state index in [2.05, 4.69) is 58.3 Å². The summed E-state index contributed by atoms with van der Waals surface area (Å²) in [5, 5.41) is 7.88. The number of aryl methyl sites for hydroxylation is 2. The highest BCUT2D eigenvalue weighted by Crippen LogP contribution is 2.11. The van der Waals surface area contributed by atoms with Crippen LogP contribution in [0.3, 0.4) is 0 Å². The molecule has 1 aromatic carbocycles. The number of hydrogen-bond acceptors (Lipinski definition) is 2. The maximum absolute atomic E-state index is 3.99. The largest absolute Gasteiger partial charge is 0.247 e. The van der Waals surface area contributed by atoms with Gasteiger partial charge in [-0.25, -0.2) is 4.68 Å². The lowest BCUT2D eigenvalue weighted by molar-refractivity contribution is 0.649. The Balaban J connectivity index is 2.24. The number of hydrogen-bond donors (Lipinski definition) is 0. The van der Waals surface area contributed by atoms with Gasteiger partial charge in [0.25, 0.3) is 0 Å². The Hall–Kier alpha value is -1.16. The van der Waals surface area contributed by atoms with Gasteiger partial charge >= 0.3 is 0 Å². The number of halogens is 1. The lowest BCUT2D eigenvalue weighted by Gasteiger charge is -2.04. The molecule has 0 amide bonds. The van der Waals surface area contributed by atoms with Crippen LogP contribution in [0.1, 0.15) is 16.7 Å². The molecule has 0 bridgehead atoms. The third kappa shape index (κ3) is 2.65. The highest BCUT2D eigenvalue weighted by atomic mass is 79.9. The van der Waals surface area contributed by atoms with E-state index in [1.54, 1.807) is 0 Å². The normalized spacial score (nSPS) is 10.6. The van der Waals surface area contributed by atoms with Crippen LogP contribution in [0.5, 0.6) is 0 Å². The topological polar surface area (TPSA) is 30.7 Å². The monoisotopic (exact) mass is 265 g/mol. The van der Waals surface area contributed by atoms with Crippen LogP contribution in [0.15, 0.2) is 29.0 Å². The quantitative estimate of drug-likeness (QED) is 0.836. The molecule has 0 radical (unpaired) electrons. The van der Waals surface area contributed by atoms with Crippen LogP contribution < -0.4 is 0 Å². The van der Waals surface area contributed by atoms with Gasteiger partial charge in [0.1, 0.15) is 4.60 Å². The fourth-order valence-electron chi connectivity index (χ4n) is 1.70. The zero-order chi connectivity index (χ0) is 10.8. The summed E-state index contributed by atoms with van der Waals surface area (Å²) in [6.45, 7) is 4.97. The van der Waals surface area contributed by atoms with Crippen molar-refractivity contribution in [2.24, 2.45) is 0 Å². The van der Waals surface area contributed by atoms with Gasteiger partial charge in [-0.05, 0) is 35.3 Å². The zero-order valence-electron chi connectivity index (χ0n) is 8.74. The minimum atomic E-state index is 0.765. The Morgan fingerprint density at radius 3 is 2.40 bits per heavy atom. The molecule has 0 fully saturated rings. The first-order valence-corrected chi connectivity index (χ1v) is 5.55. The highest BCUT2D eigenvalue weighted by Gasteiger charge is 2.00. The molecule has 0 N–H and O–H groups in total. The number of benzene rings is 1. The fraction of sp³-hybridized carbons (Fsp3) is 0.273.